The first kappa shape index (κ1) is 17.5. The maximum absolute atomic E-state index is 12.1. The van der Waals surface area contributed by atoms with Crippen LogP contribution in [0.4, 0.5) is 10.5 Å². The summed E-state index contributed by atoms with van der Waals surface area (Å²) in [5.41, 5.74) is 8.50. The average molecular weight is 351 g/mol. The smallest absolute Gasteiger partial charge is 0.312 e. The minimum Gasteiger partial charge on any atom is -0.352 e. The zero-order chi connectivity index (χ0) is 18.4. The molecular weight excluding hydrogens is 330 g/mol. The molecule has 0 unspecified atom stereocenters. The number of unbranched alkanes of at least 4 members (excludes halogenated alkanes) is 1. The SMILES string of the molecule is NC(=O)NCCCCC(=O)Nc1cccc(-c2nc3ccccc3[nH]2)c1. The van der Waals surface area contributed by atoms with Crippen molar-refractivity contribution in [2.75, 3.05) is 11.9 Å². The van der Waals surface area contributed by atoms with Crippen molar-refractivity contribution < 1.29 is 9.59 Å². The summed E-state index contributed by atoms with van der Waals surface area (Å²) in [5.74, 6) is 0.700. The molecule has 3 aromatic rings. The van der Waals surface area contributed by atoms with Gasteiger partial charge in [0.25, 0.3) is 0 Å². The van der Waals surface area contributed by atoms with Gasteiger partial charge in [0, 0.05) is 24.2 Å². The molecule has 0 aliphatic carbocycles. The standard InChI is InChI=1S/C19H21N5O2/c20-19(26)21-11-4-3-10-17(25)22-14-7-5-6-13(12-14)18-23-15-8-1-2-9-16(15)24-18/h1-2,5-9,12H,3-4,10-11H2,(H,22,25)(H,23,24)(H3,20,21,26). The highest BCUT2D eigenvalue weighted by Gasteiger charge is 2.07. The zero-order valence-corrected chi connectivity index (χ0v) is 14.3. The number of nitrogens with one attached hydrogen (secondary N) is 3. The molecule has 0 fully saturated rings. The van der Waals surface area contributed by atoms with E-state index in [0.29, 0.717) is 25.8 Å². The van der Waals surface area contributed by atoms with Crippen LogP contribution in [0.25, 0.3) is 22.4 Å². The fraction of sp³-hybridized carbons (Fsp3) is 0.211. The molecule has 134 valence electrons. The van der Waals surface area contributed by atoms with Gasteiger partial charge in [-0.05, 0) is 37.1 Å². The lowest BCUT2D eigenvalue weighted by Crippen LogP contribution is -2.30. The first-order valence-electron chi connectivity index (χ1n) is 8.50. The molecule has 7 nitrogen and oxygen atoms in total. The molecule has 0 radical (unpaired) electrons. The number of hydrogen-bond acceptors (Lipinski definition) is 3. The van der Waals surface area contributed by atoms with Crippen LogP contribution in [0.1, 0.15) is 19.3 Å². The van der Waals surface area contributed by atoms with Gasteiger partial charge in [0.15, 0.2) is 0 Å². The van der Waals surface area contributed by atoms with Crippen molar-refractivity contribution in [2.45, 2.75) is 19.3 Å². The van der Waals surface area contributed by atoms with Crippen LogP contribution in [-0.2, 0) is 4.79 Å². The van der Waals surface area contributed by atoms with Gasteiger partial charge in [0.1, 0.15) is 5.82 Å². The average Bonchev–Trinajstić information content (AvgIpc) is 3.05. The number of imidazole rings is 1. The van der Waals surface area contributed by atoms with E-state index in [9.17, 15) is 9.59 Å². The van der Waals surface area contributed by atoms with E-state index in [1.165, 1.54) is 0 Å². The summed E-state index contributed by atoms with van der Waals surface area (Å²) in [4.78, 5) is 30.5. The Morgan fingerprint density at radius 2 is 1.92 bits per heavy atom. The van der Waals surface area contributed by atoms with E-state index < -0.39 is 6.03 Å². The minimum absolute atomic E-state index is 0.0640. The molecule has 3 amide bonds. The Bertz CT molecular complexity index is 886. The molecule has 7 heteroatoms. The van der Waals surface area contributed by atoms with Gasteiger partial charge in [-0.25, -0.2) is 9.78 Å². The molecular formula is C19H21N5O2. The lowest BCUT2D eigenvalue weighted by atomic mass is 10.2. The van der Waals surface area contributed by atoms with Crippen molar-refractivity contribution in [1.82, 2.24) is 15.3 Å². The molecule has 0 saturated carbocycles. The van der Waals surface area contributed by atoms with Gasteiger partial charge >= 0.3 is 6.03 Å². The second kappa shape index (κ2) is 8.15. The third-order valence-corrected chi connectivity index (χ3v) is 3.94. The van der Waals surface area contributed by atoms with Crippen molar-refractivity contribution in [3.05, 3.63) is 48.5 Å². The number of carbonyl (C=O) groups is 2. The summed E-state index contributed by atoms with van der Waals surface area (Å²) in [5, 5.41) is 5.40. The summed E-state index contributed by atoms with van der Waals surface area (Å²) in [7, 11) is 0. The third kappa shape index (κ3) is 4.60. The molecule has 0 aliphatic rings. The highest BCUT2D eigenvalue weighted by atomic mass is 16.2. The summed E-state index contributed by atoms with van der Waals surface area (Å²) >= 11 is 0. The van der Waals surface area contributed by atoms with Crippen LogP contribution in [-0.4, -0.2) is 28.5 Å². The van der Waals surface area contributed by atoms with E-state index >= 15 is 0 Å². The number of hydrogen-bond donors (Lipinski definition) is 4. The lowest BCUT2D eigenvalue weighted by Gasteiger charge is -2.07. The van der Waals surface area contributed by atoms with Gasteiger partial charge in [-0.2, -0.15) is 0 Å². The van der Waals surface area contributed by atoms with Crippen LogP contribution in [0.2, 0.25) is 0 Å². The molecule has 26 heavy (non-hydrogen) atoms. The molecule has 0 aliphatic heterocycles. The number of benzene rings is 2. The predicted octanol–water partition coefficient (Wildman–Crippen LogP) is 3.01. The number of H-pyrrole nitrogens is 1. The number of carbonyl (C=O) groups excluding carboxylic acids is 2. The fourth-order valence-electron chi connectivity index (χ4n) is 2.68. The molecule has 1 aromatic heterocycles. The number of aromatic amines is 1. The second-order valence-corrected chi connectivity index (χ2v) is 5.98. The maximum atomic E-state index is 12.1. The van der Waals surface area contributed by atoms with Crippen LogP contribution in [0.5, 0.6) is 0 Å². The number of nitrogens with zero attached hydrogens (tertiary/aromatic N) is 1. The molecule has 0 atom stereocenters. The Kier molecular flexibility index (Phi) is 5.48. The normalized spacial score (nSPS) is 10.6. The summed E-state index contributed by atoms with van der Waals surface area (Å²) in [6.07, 6.45) is 1.76. The van der Waals surface area contributed by atoms with Gasteiger partial charge < -0.3 is 21.4 Å². The number of urea groups is 1. The van der Waals surface area contributed by atoms with Gasteiger partial charge in [0.05, 0.1) is 11.0 Å². The van der Waals surface area contributed by atoms with Crippen LogP contribution < -0.4 is 16.4 Å². The Morgan fingerprint density at radius 1 is 1.08 bits per heavy atom. The summed E-state index contributed by atoms with van der Waals surface area (Å²) in [6.45, 7) is 0.476. The number of amides is 3. The van der Waals surface area contributed by atoms with E-state index in [-0.39, 0.29) is 5.91 Å². The van der Waals surface area contributed by atoms with E-state index in [1.54, 1.807) is 0 Å². The third-order valence-electron chi connectivity index (χ3n) is 3.94. The zero-order valence-electron chi connectivity index (χ0n) is 14.3. The van der Waals surface area contributed by atoms with Gasteiger partial charge in [-0.15, -0.1) is 0 Å². The monoisotopic (exact) mass is 351 g/mol. The number of aromatic nitrogens is 2. The van der Waals surface area contributed by atoms with Crippen LogP contribution >= 0.6 is 0 Å². The predicted molar refractivity (Wildman–Crippen MR) is 102 cm³/mol. The van der Waals surface area contributed by atoms with Crippen LogP contribution in [0.15, 0.2) is 48.5 Å². The molecule has 5 N–H and O–H groups in total. The molecule has 0 saturated heterocycles. The van der Waals surface area contributed by atoms with Crippen molar-refractivity contribution >= 4 is 28.7 Å². The van der Waals surface area contributed by atoms with Crippen LogP contribution in [0.3, 0.4) is 0 Å². The summed E-state index contributed by atoms with van der Waals surface area (Å²) in [6, 6.07) is 14.9. The van der Waals surface area contributed by atoms with Gasteiger partial charge in [-0.3, -0.25) is 4.79 Å². The number of nitrogens with two attached hydrogens (primary N) is 1. The Balaban J connectivity index is 1.58. The van der Waals surface area contributed by atoms with E-state index in [0.717, 1.165) is 28.1 Å². The summed E-state index contributed by atoms with van der Waals surface area (Å²) < 4.78 is 0. The number of para-hydroxylation sites is 2. The Labute approximate surface area is 151 Å². The van der Waals surface area contributed by atoms with Crippen molar-refractivity contribution in [3.8, 4) is 11.4 Å². The highest BCUT2D eigenvalue weighted by Crippen LogP contribution is 2.23. The second-order valence-electron chi connectivity index (χ2n) is 5.98. The lowest BCUT2D eigenvalue weighted by molar-refractivity contribution is -0.116. The number of primary amides is 1. The quantitative estimate of drug-likeness (QED) is 0.491. The highest BCUT2D eigenvalue weighted by molar-refractivity contribution is 5.91. The van der Waals surface area contributed by atoms with Gasteiger partial charge in [-0.1, -0.05) is 24.3 Å². The van der Waals surface area contributed by atoms with E-state index in [2.05, 4.69) is 20.6 Å². The number of anilines is 1. The molecule has 3 rings (SSSR count). The molecule has 0 bridgehead atoms. The fourth-order valence-corrected chi connectivity index (χ4v) is 2.68. The largest absolute Gasteiger partial charge is 0.352 e. The molecule has 1 heterocycles. The van der Waals surface area contributed by atoms with E-state index in [1.807, 2.05) is 48.5 Å². The molecule has 0 spiro atoms. The van der Waals surface area contributed by atoms with Crippen molar-refractivity contribution in [3.63, 3.8) is 0 Å². The first-order valence-corrected chi connectivity index (χ1v) is 8.50. The van der Waals surface area contributed by atoms with Crippen molar-refractivity contribution in [2.24, 2.45) is 5.73 Å². The van der Waals surface area contributed by atoms with E-state index in [4.69, 9.17) is 5.73 Å². The van der Waals surface area contributed by atoms with Crippen LogP contribution in [0, 0.1) is 0 Å². The van der Waals surface area contributed by atoms with Gasteiger partial charge in [0.2, 0.25) is 5.91 Å². The Hall–Kier alpha value is -3.35. The maximum Gasteiger partial charge on any atom is 0.312 e. The number of fused-ring (bicyclic) bond motifs is 1. The first-order chi connectivity index (χ1) is 12.6. The molecule has 2 aromatic carbocycles. The topological polar surface area (TPSA) is 113 Å². The number of rotatable bonds is 7. The minimum atomic E-state index is -0.545. The Morgan fingerprint density at radius 3 is 2.73 bits per heavy atom. The van der Waals surface area contributed by atoms with Crippen molar-refractivity contribution in [1.29, 1.82) is 0 Å².